The van der Waals surface area contributed by atoms with Crippen molar-refractivity contribution in [3.63, 3.8) is 0 Å². The summed E-state index contributed by atoms with van der Waals surface area (Å²) in [6.07, 6.45) is 8.10. The van der Waals surface area contributed by atoms with E-state index in [0.717, 1.165) is 63.5 Å². The molecule has 7 heteroatoms. The molecule has 30 heavy (non-hydrogen) atoms. The minimum absolute atomic E-state index is 0.0987. The van der Waals surface area contributed by atoms with E-state index in [1.807, 2.05) is 0 Å². The second-order valence-electron chi connectivity index (χ2n) is 9.13. The number of nitrogens with one attached hydrogen (secondary N) is 1. The van der Waals surface area contributed by atoms with Crippen LogP contribution in [-0.2, 0) is 28.9 Å². The van der Waals surface area contributed by atoms with Gasteiger partial charge >= 0.3 is 0 Å². The van der Waals surface area contributed by atoms with Crippen LogP contribution in [0.15, 0.2) is 11.6 Å². The molecule has 0 aromatic carbocycles. The van der Waals surface area contributed by atoms with Crippen molar-refractivity contribution in [2.45, 2.75) is 65.8 Å². The highest BCUT2D eigenvalue weighted by molar-refractivity contribution is 5.78. The highest BCUT2D eigenvalue weighted by Crippen LogP contribution is 2.16. The summed E-state index contributed by atoms with van der Waals surface area (Å²) in [5, 5.41) is 11.9. The van der Waals surface area contributed by atoms with Crippen LogP contribution in [0.25, 0.3) is 0 Å². The van der Waals surface area contributed by atoms with Gasteiger partial charge in [-0.1, -0.05) is 18.6 Å². The molecule has 1 N–H and O–H groups in total. The predicted octanol–water partition coefficient (Wildman–Crippen LogP) is 2.60. The average molecular weight is 418 g/mol. The minimum Gasteiger partial charge on any atom is -0.381 e. The first-order valence-corrected chi connectivity index (χ1v) is 11.6. The van der Waals surface area contributed by atoms with E-state index < -0.39 is 0 Å². The molecule has 1 aromatic heterocycles. The SMILES string of the molecule is CC(C)=CCCC(C)CN1CCc2nnc(CCNC(=O)C3CCOCC3)n2CC1. The molecule has 0 saturated carbocycles. The van der Waals surface area contributed by atoms with Gasteiger partial charge < -0.3 is 19.5 Å². The van der Waals surface area contributed by atoms with Crippen LogP contribution in [0.4, 0.5) is 0 Å². The first-order chi connectivity index (χ1) is 14.5. The quantitative estimate of drug-likeness (QED) is 0.626. The monoisotopic (exact) mass is 417 g/mol. The van der Waals surface area contributed by atoms with Crippen LogP contribution in [-0.4, -0.2) is 65.0 Å². The maximum atomic E-state index is 12.3. The van der Waals surface area contributed by atoms with Crippen molar-refractivity contribution in [1.82, 2.24) is 25.0 Å². The van der Waals surface area contributed by atoms with Crippen molar-refractivity contribution in [2.75, 3.05) is 39.4 Å². The van der Waals surface area contributed by atoms with E-state index in [4.69, 9.17) is 4.74 Å². The van der Waals surface area contributed by atoms with Crippen LogP contribution in [0.1, 0.15) is 58.1 Å². The summed E-state index contributed by atoms with van der Waals surface area (Å²) in [6.45, 7) is 12.9. The molecule has 3 heterocycles. The zero-order chi connectivity index (χ0) is 21.3. The average Bonchev–Trinajstić information content (AvgIpc) is 3.00. The number of fused-ring (bicyclic) bond motifs is 1. The Balaban J connectivity index is 1.43. The van der Waals surface area contributed by atoms with Crippen LogP contribution in [0.3, 0.4) is 0 Å². The van der Waals surface area contributed by atoms with E-state index in [1.165, 1.54) is 18.4 Å². The van der Waals surface area contributed by atoms with Gasteiger partial charge in [-0.2, -0.15) is 0 Å². The fraction of sp³-hybridized carbons (Fsp3) is 0.783. The van der Waals surface area contributed by atoms with E-state index in [2.05, 4.69) is 51.8 Å². The largest absolute Gasteiger partial charge is 0.381 e. The Hall–Kier alpha value is -1.73. The van der Waals surface area contributed by atoms with Crippen molar-refractivity contribution in [3.8, 4) is 0 Å². The molecule has 2 aliphatic rings. The maximum Gasteiger partial charge on any atom is 0.223 e. The summed E-state index contributed by atoms with van der Waals surface area (Å²) in [6, 6.07) is 0. The Labute approximate surface area is 181 Å². The Morgan fingerprint density at radius 3 is 2.80 bits per heavy atom. The molecule has 3 rings (SSSR count). The third kappa shape index (κ3) is 6.91. The van der Waals surface area contributed by atoms with E-state index in [9.17, 15) is 4.79 Å². The van der Waals surface area contributed by atoms with Gasteiger partial charge in [0, 0.05) is 64.7 Å². The molecular weight excluding hydrogens is 378 g/mol. The Kier molecular flexibility index (Phi) is 8.88. The first kappa shape index (κ1) is 22.9. The lowest BCUT2D eigenvalue weighted by molar-refractivity contribution is -0.127. The number of ether oxygens (including phenoxy) is 1. The third-order valence-corrected chi connectivity index (χ3v) is 6.22. The standard InChI is InChI=1S/C23H39N5O2/c1-18(2)5-4-6-19(3)17-27-12-8-22-26-25-21(28(22)14-13-27)7-11-24-23(29)20-9-15-30-16-10-20/h5,19-20H,4,6-17H2,1-3H3,(H,24,29). The summed E-state index contributed by atoms with van der Waals surface area (Å²) in [7, 11) is 0. The van der Waals surface area contributed by atoms with Crippen LogP contribution >= 0.6 is 0 Å². The second kappa shape index (κ2) is 11.6. The van der Waals surface area contributed by atoms with Crippen molar-refractivity contribution < 1.29 is 9.53 Å². The summed E-state index contributed by atoms with van der Waals surface area (Å²) < 4.78 is 7.61. The van der Waals surface area contributed by atoms with Crippen LogP contribution in [0.2, 0.25) is 0 Å². The van der Waals surface area contributed by atoms with Gasteiger partial charge in [-0.3, -0.25) is 4.79 Å². The first-order valence-electron chi connectivity index (χ1n) is 11.6. The van der Waals surface area contributed by atoms with Crippen molar-refractivity contribution in [2.24, 2.45) is 11.8 Å². The van der Waals surface area contributed by atoms with Crippen molar-refractivity contribution >= 4 is 5.91 Å². The highest BCUT2D eigenvalue weighted by atomic mass is 16.5. The van der Waals surface area contributed by atoms with Gasteiger partial charge in [0.15, 0.2) is 0 Å². The van der Waals surface area contributed by atoms with E-state index in [1.54, 1.807) is 0 Å². The molecule has 1 atom stereocenters. The molecule has 0 spiro atoms. The van der Waals surface area contributed by atoms with Gasteiger partial charge in [0.1, 0.15) is 11.6 Å². The number of carbonyl (C=O) groups is 1. The van der Waals surface area contributed by atoms with Crippen LogP contribution in [0.5, 0.6) is 0 Å². The molecule has 7 nitrogen and oxygen atoms in total. The summed E-state index contributed by atoms with van der Waals surface area (Å²) in [5.41, 5.74) is 1.41. The smallest absolute Gasteiger partial charge is 0.223 e. The number of hydrogen-bond acceptors (Lipinski definition) is 5. The fourth-order valence-corrected chi connectivity index (χ4v) is 4.38. The topological polar surface area (TPSA) is 72.3 Å². The zero-order valence-corrected chi connectivity index (χ0v) is 19.0. The van der Waals surface area contributed by atoms with Gasteiger partial charge in [-0.05, 0) is 45.4 Å². The normalized spacial score (nSPS) is 19.0. The molecule has 0 aliphatic carbocycles. The second-order valence-corrected chi connectivity index (χ2v) is 9.13. The lowest BCUT2D eigenvalue weighted by Crippen LogP contribution is -2.35. The fourth-order valence-electron chi connectivity index (χ4n) is 4.38. The molecule has 0 bridgehead atoms. The Bertz CT molecular complexity index is 704. The molecular formula is C23H39N5O2. The zero-order valence-electron chi connectivity index (χ0n) is 19.0. The predicted molar refractivity (Wildman–Crippen MR) is 118 cm³/mol. The van der Waals surface area contributed by atoms with Gasteiger partial charge in [0.2, 0.25) is 5.91 Å². The van der Waals surface area contributed by atoms with Crippen LogP contribution < -0.4 is 5.32 Å². The lowest BCUT2D eigenvalue weighted by atomic mass is 9.99. The molecule has 1 amide bonds. The summed E-state index contributed by atoms with van der Waals surface area (Å²) in [5.74, 6) is 3.03. The summed E-state index contributed by atoms with van der Waals surface area (Å²) >= 11 is 0. The maximum absolute atomic E-state index is 12.3. The Morgan fingerprint density at radius 1 is 1.23 bits per heavy atom. The lowest BCUT2D eigenvalue weighted by Gasteiger charge is -2.23. The molecule has 1 aromatic rings. The van der Waals surface area contributed by atoms with Gasteiger partial charge in [-0.15, -0.1) is 10.2 Å². The molecule has 168 valence electrons. The Morgan fingerprint density at radius 2 is 2.03 bits per heavy atom. The molecule has 1 saturated heterocycles. The number of hydrogen-bond donors (Lipinski definition) is 1. The highest BCUT2D eigenvalue weighted by Gasteiger charge is 2.22. The van der Waals surface area contributed by atoms with E-state index >= 15 is 0 Å². The van der Waals surface area contributed by atoms with Crippen LogP contribution in [0, 0.1) is 11.8 Å². The van der Waals surface area contributed by atoms with Gasteiger partial charge in [0.05, 0.1) is 0 Å². The minimum atomic E-state index is 0.0987. The third-order valence-electron chi connectivity index (χ3n) is 6.22. The van der Waals surface area contributed by atoms with Gasteiger partial charge in [0.25, 0.3) is 0 Å². The molecule has 1 fully saturated rings. The number of aromatic nitrogens is 3. The molecule has 0 radical (unpaired) electrons. The van der Waals surface area contributed by atoms with Gasteiger partial charge in [-0.25, -0.2) is 0 Å². The van der Waals surface area contributed by atoms with Crippen molar-refractivity contribution in [1.29, 1.82) is 0 Å². The molecule has 2 aliphatic heterocycles. The van der Waals surface area contributed by atoms with E-state index in [-0.39, 0.29) is 11.8 Å². The number of allylic oxidation sites excluding steroid dienone is 2. The number of nitrogens with zero attached hydrogens (tertiary/aromatic N) is 4. The van der Waals surface area contributed by atoms with E-state index in [0.29, 0.717) is 25.7 Å². The molecule has 1 unspecified atom stereocenters. The van der Waals surface area contributed by atoms with Crippen molar-refractivity contribution in [3.05, 3.63) is 23.3 Å². The number of amides is 1. The number of rotatable bonds is 9. The number of carbonyl (C=O) groups excluding carboxylic acids is 1. The summed E-state index contributed by atoms with van der Waals surface area (Å²) in [4.78, 5) is 14.9.